The molecular weight excluding hydrogens is 354 g/mol. The van der Waals surface area contributed by atoms with Gasteiger partial charge in [-0.1, -0.05) is 32.9 Å². The van der Waals surface area contributed by atoms with Crippen molar-refractivity contribution in [1.82, 2.24) is 9.97 Å². The van der Waals surface area contributed by atoms with E-state index in [2.05, 4.69) is 55.3 Å². The monoisotopic (exact) mass is 381 g/mol. The fourth-order valence-electron chi connectivity index (χ4n) is 3.85. The van der Waals surface area contributed by atoms with Crippen LogP contribution in [0, 0.1) is 5.92 Å². The molecule has 1 aliphatic carbocycles. The van der Waals surface area contributed by atoms with Crippen LogP contribution in [0.2, 0.25) is 0 Å². The summed E-state index contributed by atoms with van der Waals surface area (Å²) in [5.74, 6) is 1.91. The Hall–Kier alpha value is -2.14. The largest absolute Gasteiger partial charge is 0.375 e. The maximum atomic E-state index is 12.8. The van der Waals surface area contributed by atoms with Crippen molar-refractivity contribution in [2.75, 3.05) is 5.32 Å². The number of aromatic amines is 1. The van der Waals surface area contributed by atoms with Gasteiger partial charge in [-0.3, -0.25) is 4.79 Å². The van der Waals surface area contributed by atoms with Crippen LogP contribution in [0.3, 0.4) is 0 Å². The van der Waals surface area contributed by atoms with Gasteiger partial charge in [0.15, 0.2) is 0 Å². The lowest BCUT2D eigenvalue weighted by Crippen LogP contribution is -2.18. The molecule has 1 aromatic carbocycles. The summed E-state index contributed by atoms with van der Waals surface area (Å²) < 4.78 is 0. The lowest BCUT2D eigenvalue weighted by atomic mass is 9.89. The van der Waals surface area contributed by atoms with E-state index in [-0.39, 0.29) is 11.6 Å². The molecule has 2 atom stereocenters. The second kappa shape index (κ2) is 7.12. The highest BCUT2D eigenvalue weighted by molar-refractivity contribution is 7.18. The fourth-order valence-corrected chi connectivity index (χ4v) is 5.24. The minimum absolute atomic E-state index is 0.00542. The summed E-state index contributed by atoms with van der Waals surface area (Å²) in [6.07, 6.45) is 3.22. The molecule has 0 aliphatic heterocycles. The molecule has 0 spiro atoms. The summed E-state index contributed by atoms with van der Waals surface area (Å²) in [5.41, 5.74) is 3.60. The molecule has 0 unspecified atom stereocenters. The minimum atomic E-state index is -0.0648. The third-order valence-corrected chi connectivity index (χ3v) is 6.70. The second-order valence-corrected chi connectivity index (χ2v) is 9.21. The number of aryl methyl sites for hydroxylation is 1. The summed E-state index contributed by atoms with van der Waals surface area (Å²) in [4.78, 5) is 22.8. The molecule has 3 aromatic rings. The van der Waals surface area contributed by atoms with Crippen LogP contribution in [0.25, 0.3) is 10.2 Å². The van der Waals surface area contributed by atoms with E-state index in [1.165, 1.54) is 16.0 Å². The normalized spacial score (nSPS) is 17.9. The number of benzene rings is 1. The Morgan fingerprint density at radius 2 is 1.96 bits per heavy atom. The van der Waals surface area contributed by atoms with Gasteiger partial charge in [0, 0.05) is 10.6 Å². The number of hydrogen-bond donors (Lipinski definition) is 2. The molecule has 5 heteroatoms. The van der Waals surface area contributed by atoms with Gasteiger partial charge in [0.05, 0.1) is 11.4 Å². The average Bonchev–Trinajstić information content (AvgIpc) is 2.99. The van der Waals surface area contributed by atoms with Crippen molar-refractivity contribution in [1.29, 1.82) is 0 Å². The molecule has 0 radical (unpaired) electrons. The quantitative estimate of drug-likeness (QED) is 0.635. The van der Waals surface area contributed by atoms with E-state index in [1.807, 2.05) is 6.92 Å². The first-order valence-electron chi connectivity index (χ1n) is 9.83. The van der Waals surface area contributed by atoms with E-state index in [4.69, 9.17) is 4.98 Å². The van der Waals surface area contributed by atoms with Gasteiger partial charge in [-0.05, 0) is 61.3 Å². The summed E-state index contributed by atoms with van der Waals surface area (Å²) >= 11 is 1.70. The van der Waals surface area contributed by atoms with Gasteiger partial charge in [-0.25, -0.2) is 4.98 Å². The van der Waals surface area contributed by atoms with Gasteiger partial charge >= 0.3 is 0 Å². The Kier molecular flexibility index (Phi) is 4.81. The smallest absolute Gasteiger partial charge is 0.259 e. The number of nitrogens with zero attached hydrogens (tertiary/aromatic N) is 1. The number of rotatable bonds is 4. The van der Waals surface area contributed by atoms with E-state index in [0.717, 1.165) is 35.2 Å². The number of thiophene rings is 1. The Morgan fingerprint density at radius 3 is 2.67 bits per heavy atom. The van der Waals surface area contributed by atoms with Crippen LogP contribution in [-0.4, -0.2) is 9.97 Å². The highest BCUT2D eigenvalue weighted by atomic mass is 32.1. The highest BCUT2D eigenvalue weighted by Crippen LogP contribution is 2.36. The molecule has 142 valence electrons. The molecule has 27 heavy (non-hydrogen) atoms. The first kappa shape index (κ1) is 18.2. The van der Waals surface area contributed by atoms with Crippen molar-refractivity contribution < 1.29 is 0 Å². The Labute approximate surface area is 164 Å². The predicted octanol–water partition coefficient (Wildman–Crippen LogP) is 5.41. The zero-order valence-corrected chi connectivity index (χ0v) is 17.2. The summed E-state index contributed by atoms with van der Waals surface area (Å²) in [6.45, 7) is 8.70. The summed E-state index contributed by atoms with van der Waals surface area (Å²) in [7, 11) is 0. The van der Waals surface area contributed by atoms with Crippen molar-refractivity contribution in [3.63, 3.8) is 0 Å². The minimum Gasteiger partial charge on any atom is -0.375 e. The highest BCUT2D eigenvalue weighted by Gasteiger charge is 2.23. The van der Waals surface area contributed by atoms with Crippen molar-refractivity contribution in [3.8, 4) is 0 Å². The maximum absolute atomic E-state index is 12.8. The van der Waals surface area contributed by atoms with E-state index in [1.54, 1.807) is 11.3 Å². The molecule has 2 heterocycles. The first-order chi connectivity index (χ1) is 12.9. The standard InChI is InChI=1S/C22H27N3OS/c1-12(2)15-6-8-16(9-7-15)23-14(4)20-24-21(26)19-17-10-5-13(3)11-18(17)27-22(19)25-20/h6-9,12-14,23H,5,10-11H2,1-4H3,(H,24,25,26)/t13-,14-/m1/s1. The van der Waals surface area contributed by atoms with Gasteiger partial charge < -0.3 is 10.3 Å². The molecule has 0 saturated carbocycles. The molecule has 0 saturated heterocycles. The Bertz CT molecular complexity index is 1020. The van der Waals surface area contributed by atoms with Crippen LogP contribution < -0.4 is 10.9 Å². The van der Waals surface area contributed by atoms with Crippen molar-refractivity contribution >= 4 is 27.2 Å². The second-order valence-electron chi connectivity index (χ2n) is 8.13. The van der Waals surface area contributed by atoms with Crippen LogP contribution in [0.15, 0.2) is 29.1 Å². The van der Waals surface area contributed by atoms with E-state index in [9.17, 15) is 4.79 Å². The SMILES string of the molecule is CC(C)c1ccc(N[C@H](C)c2nc3sc4c(c3c(=O)[nH]2)CC[C@@H](C)C4)cc1. The van der Waals surface area contributed by atoms with E-state index < -0.39 is 0 Å². The van der Waals surface area contributed by atoms with Crippen LogP contribution in [0.5, 0.6) is 0 Å². The molecule has 4 rings (SSSR count). The first-order valence-corrected chi connectivity index (χ1v) is 10.6. The lowest BCUT2D eigenvalue weighted by molar-refractivity contribution is 0.509. The Balaban J connectivity index is 1.62. The molecule has 1 aliphatic rings. The van der Waals surface area contributed by atoms with Crippen LogP contribution >= 0.6 is 11.3 Å². The molecule has 2 aromatic heterocycles. The molecular formula is C22H27N3OS. The van der Waals surface area contributed by atoms with Gasteiger partial charge in [0.25, 0.3) is 5.56 Å². The molecule has 4 nitrogen and oxygen atoms in total. The van der Waals surface area contributed by atoms with Gasteiger partial charge in [0.1, 0.15) is 10.7 Å². The number of fused-ring (bicyclic) bond motifs is 3. The molecule has 0 fully saturated rings. The Morgan fingerprint density at radius 1 is 1.22 bits per heavy atom. The summed E-state index contributed by atoms with van der Waals surface area (Å²) in [5, 5.41) is 4.28. The van der Waals surface area contributed by atoms with Gasteiger partial charge in [0.2, 0.25) is 0 Å². The van der Waals surface area contributed by atoms with Gasteiger partial charge in [-0.2, -0.15) is 0 Å². The topological polar surface area (TPSA) is 57.8 Å². The van der Waals surface area contributed by atoms with Crippen LogP contribution in [-0.2, 0) is 12.8 Å². The maximum Gasteiger partial charge on any atom is 0.259 e. The van der Waals surface area contributed by atoms with E-state index in [0.29, 0.717) is 17.7 Å². The van der Waals surface area contributed by atoms with Crippen molar-refractivity contribution in [3.05, 3.63) is 56.4 Å². The van der Waals surface area contributed by atoms with Crippen molar-refractivity contribution in [2.24, 2.45) is 5.92 Å². The van der Waals surface area contributed by atoms with Crippen LogP contribution in [0.1, 0.15) is 67.9 Å². The molecule has 2 N–H and O–H groups in total. The zero-order chi connectivity index (χ0) is 19.1. The zero-order valence-electron chi connectivity index (χ0n) is 16.4. The average molecular weight is 382 g/mol. The van der Waals surface area contributed by atoms with Crippen LogP contribution in [0.4, 0.5) is 5.69 Å². The van der Waals surface area contributed by atoms with E-state index >= 15 is 0 Å². The summed E-state index contributed by atoms with van der Waals surface area (Å²) in [6, 6.07) is 8.41. The van der Waals surface area contributed by atoms with Crippen molar-refractivity contribution in [2.45, 2.75) is 58.9 Å². The third-order valence-electron chi connectivity index (χ3n) is 5.55. The number of anilines is 1. The number of hydrogen-bond acceptors (Lipinski definition) is 4. The fraction of sp³-hybridized carbons (Fsp3) is 0.455. The molecule has 0 bridgehead atoms. The van der Waals surface area contributed by atoms with Gasteiger partial charge in [-0.15, -0.1) is 11.3 Å². The molecule has 0 amide bonds. The number of nitrogens with one attached hydrogen (secondary N) is 2. The number of H-pyrrole nitrogens is 1. The number of aromatic nitrogens is 2. The third kappa shape index (κ3) is 3.53. The lowest BCUT2D eigenvalue weighted by Gasteiger charge is -2.17. The predicted molar refractivity (Wildman–Crippen MR) is 114 cm³/mol.